The highest BCUT2D eigenvalue weighted by molar-refractivity contribution is 9.10. The van der Waals surface area contributed by atoms with Crippen molar-refractivity contribution in [2.75, 3.05) is 30.4 Å². The number of carbonyl (C=O) groups excluding carboxylic acids is 1. The third kappa shape index (κ3) is 5.46. The van der Waals surface area contributed by atoms with Crippen LogP contribution >= 0.6 is 28.3 Å². The summed E-state index contributed by atoms with van der Waals surface area (Å²) in [5, 5.41) is 2.62. The number of amides is 1. The van der Waals surface area contributed by atoms with E-state index in [0.29, 0.717) is 11.4 Å². The fraction of sp³-hybridized carbons (Fsp3) is 0.417. The number of nitrogen functional groups attached to an aromatic ring is 1. The molecule has 0 saturated carbocycles. The van der Waals surface area contributed by atoms with Gasteiger partial charge in [-0.25, -0.2) is 8.42 Å². The van der Waals surface area contributed by atoms with Crippen LogP contribution in [0.2, 0.25) is 0 Å². The van der Waals surface area contributed by atoms with E-state index in [1.807, 2.05) is 13.0 Å². The van der Waals surface area contributed by atoms with Gasteiger partial charge in [0, 0.05) is 11.5 Å². The minimum absolute atomic E-state index is 0. The smallest absolute Gasteiger partial charge is 0.239 e. The number of rotatable bonds is 5. The highest BCUT2D eigenvalue weighted by Crippen LogP contribution is 2.27. The second-order valence-corrected chi connectivity index (χ2v) is 7.67. The summed E-state index contributed by atoms with van der Waals surface area (Å²) in [6.45, 7) is 3.10. The lowest BCUT2D eigenvalue weighted by molar-refractivity contribution is -0.116. The number of nitrogens with two attached hydrogens (primary N) is 1. The number of benzene rings is 1. The number of sulfonamides is 1. The molecular weight excluding hydrogens is 382 g/mol. The lowest BCUT2D eigenvalue weighted by Crippen LogP contribution is -2.35. The molecule has 1 rings (SSSR count). The Hall–Kier alpha value is -0.830. The summed E-state index contributed by atoms with van der Waals surface area (Å²) in [6.07, 6.45) is 0. The zero-order chi connectivity index (χ0) is 15.5. The van der Waals surface area contributed by atoms with E-state index >= 15 is 0 Å². The monoisotopic (exact) mass is 399 g/mol. The lowest BCUT2D eigenvalue weighted by atomic mass is 10.2. The predicted octanol–water partition coefficient (Wildman–Crippen LogP) is 1.98. The molecule has 120 valence electrons. The van der Waals surface area contributed by atoms with Gasteiger partial charge in [-0.2, -0.15) is 4.31 Å². The molecule has 0 aliphatic heterocycles. The summed E-state index contributed by atoms with van der Waals surface area (Å²) < 4.78 is 25.0. The van der Waals surface area contributed by atoms with Crippen LogP contribution in [0.5, 0.6) is 0 Å². The first-order valence-corrected chi connectivity index (χ1v) is 8.37. The highest BCUT2D eigenvalue weighted by atomic mass is 79.9. The average Bonchev–Trinajstić information content (AvgIpc) is 2.35. The van der Waals surface area contributed by atoms with Gasteiger partial charge in [-0.3, -0.25) is 4.79 Å². The van der Waals surface area contributed by atoms with Crippen molar-refractivity contribution in [3.63, 3.8) is 0 Å². The largest absolute Gasteiger partial charge is 0.397 e. The van der Waals surface area contributed by atoms with Gasteiger partial charge in [-0.1, -0.05) is 15.9 Å². The molecule has 3 N–H and O–H groups in total. The first-order valence-electron chi connectivity index (χ1n) is 5.97. The summed E-state index contributed by atoms with van der Waals surface area (Å²) in [6, 6.07) is 3.51. The molecule has 0 aromatic heterocycles. The van der Waals surface area contributed by atoms with Crippen molar-refractivity contribution < 1.29 is 13.2 Å². The number of hydrogen-bond acceptors (Lipinski definition) is 4. The Morgan fingerprint density at radius 1 is 1.43 bits per heavy atom. The number of halogens is 2. The molecule has 6 nitrogen and oxygen atoms in total. The maximum Gasteiger partial charge on any atom is 0.239 e. The minimum Gasteiger partial charge on any atom is -0.397 e. The summed E-state index contributed by atoms with van der Waals surface area (Å²) in [5.41, 5.74) is 7.62. The number of nitrogens with one attached hydrogen (secondary N) is 1. The lowest BCUT2D eigenvalue weighted by Gasteiger charge is -2.16. The standard InChI is InChI=1S/C12H18BrN3O3S.ClH/c1-4-20(18,19)16(3)7-11(17)15-10-6-9(13)5-8(2)12(10)14;/h5-6H,4,7,14H2,1-3H3,(H,15,17);1H. The second-order valence-electron chi connectivity index (χ2n) is 4.39. The Bertz CT molecular complexity index is 622. The van der Waals surface area contributed by atoms with Gasteiger partial charge in [0.1, 0.15) is 0 Å². The Morgan fingerprint density at radius 3 is 2.52 bits per heavy atom. The van der Waals surface area contributed by atoms with Crippen molar-refractivity contribution >= 4 is 55.6 Å². The van der Waals surface area contributed by atoms with E-state index in [1.54, 1.807) is 6.07 Å². The predicted molar refractivity (Wildman–Crippen MR) is 91.3 cm³/mol. The zero-order valence-electron chi connectivity index (χ0n) is 12.0. The van der Waals surface area contributed by atoms with Gasteiger partial charge in [0.25, 0.3) is 0 Å². The van der Waals surface area contributed by atoms with Gasteiger partial charge >= 0.3 is 0 Å². The Balaban J connectivity index is 0.00000400. The molecule has 1 aromatic rings. The molecule has 0 saturated heterocycles. The van der Waals surface area contributed by atoms with Crippen molar-refractivity contribution in [1.29, 1.82) is 0 Å². The van der Waals surface area contributed by atoms with Gasteiger partial charge in [0.2, 0.25) is 15.9 Å². The topological polar surface area (TPSA) is 92.5 Å². The van der Waals surface area contributed by atoms with Crippen LogP contribution in [-0.2, 0) is 14.8 Å². The second kappa shape index (κ2) is 7.98. The molecule has 21 heavy (non-hydrogen) atoms. The molecular formula is C12H19BrClN3O3S. The first-order chi connectivity index (χ1) is 9.17. The van der Waals surface area contributed by atoms with Crippen LogP contribution in [-0.4, -0.2) is 38.0 Å². The van der Waals surface area contributed by atoms with E-state index in [1.165, 1.54) is 14.0 Å². The molecule has 1 amide bonds. The third-order valence-electron chi connectivity index (χ3n) is 2.83. The van der Waals surface area contributed by atoms with E-state index in [4.69, 9.17) is 5.73 Å². The summed E-state index contributed by atoms with van der Waals surface area (Å²) in [7, 11) is -2.01. The molecule has 0 unspecified atom stereocenters. The van der Waals surface area contributed by atoms with Gasteiger partial charge in [-0.15, -0.1) is 12.4 Å². The van der Waals surface area contributed by atoms with E-state index in [0.717, 1.165) is 14.3 Å². The van der Waals surface area contributed by atoms with Crippen molar-refractivity contribution in [1.82, 2.24) is 4.31 Å². The first kappa shape index (κ1) is 20.2. The molecule has 1 aromatic carbocycles. The SMILES string of the molecule is CCS(=O)(=O)N(C)CC(=O)Nc1cc(Br)cc(C)c1N.Cl. The molecule has 0 bridgehead atoms. The van der Waals surface area contributed by atoms with Crippen LogP contribution in [0.15, 0.2) is 16.6 Å². The maximum atomic E-state index is 11.9. The summed E-state index contributed by atoms with van der Waals surface area (Å²) in [4.78, 5) is 11.9. The van der Waals surface area contributed by atoms with Crippen molar-refractivity contribution in [2.24, 2.45) is 0 Å². The number of nitrogens with zero attached hydrogens (tertiary/aromatic N) is 1. The summed E-state index contributed by atoms with van der Waals surface area (Å²) >= 11 is 3.32. The van der Waals surface area contributed by atoms with Crippen LogP contribution in [0.4, 0.5) is 11.4 Å². The number of carbonyl (C=O) groups is 1. The van der Waals surface area contributed by atoms with Crippen molar-refractivity contribution in [3.05, 3.63) is 22.2 Å². The van der Waals surface area contributed by atoms with E-state index < -0.39 is 15.9 Å². The van der Waals surface area contributed by atoms with E-state index in [-0.39, 0.29) is 24.7 Å². The van der Waals surface area contributed by atoms with Crippen LogP contribution in [0.1, 0.15) is 12.5 Å². The van der Waals surface area contributed by atoms with Crippen LogP contribution < -0.4 is 11.1 Å². The molecule has 0 fully saturated rings. The third-order valence-corrected chi connectivity index (χ3v) is 5.10. The molecule has 0 radical (unpaired) electrons. The Labute approximate surface area is 139 Å². The van der Waals surface area contributed by atoms with Gasteiger partial charge in [0.15, 0.2) is 0 Å². The minimum atomic E-state index is -3.38. The quantitative estimate of drug-likeness (QED) is 0.739. The van der Waals surface area contributed by atoms with E-state index in [2.05, 4.69) is 21.2 Å². The van der Waals surface area contributed by atoms with Crippen LogP contribution in [0, 0.1) is 6.92 Å². The van der Waals surface area contributed by atoms with Crippen LogP contribution in [0.25, 0.3) is 0 Å². The average molecular weight is 401 g/mol. The van der Waals surface area contributed by atoms with Crippen molar-refractivity contribution in [2.45, 2.75) is 13.8 Å². The number of likely N-dealkylation sites (N-methyl/N-ethyl adjacent to an activating group) is 1. The molecule has 9 heteroatoms. The molecule has 0 atom stereocenters. The number of anilines is 2. The van der Waals surface area contributed by atoms with Gasteiger partial charge in [-0.05, 0) is 31.5 Å². The maximum absolute atomic E-state index is 11.9. The van der Waals surface area contributed by atoms with Crippen molar-refractivity contribution in [3.8, 4) is 0 Å². The fourth-order valence-electron chi connectivity index (χ4n) is 1.57. The van der Waals surface area contributed by atoms with Crippen LogP contribution in [0.3, 0.4) is 0 Å². The molecule has 0 heterocycles. The molecule has 0 aliphatic carbocycles. The molecule has 0 aliphatic rings. The van der Waals surface area contributed by atoms with Gasteiger partial charge < -0.3 is 11.1 Å². The van der Waals surface area contributed by atoms with E-state index in [9.17, 15) is 13.2 Å². The molecule has 0 spiro atoms. The zero-order valence-corrected chi connectivity index (χ0v) is 15.2. The number of aryl methyl sites for hydroxylation is 1. The Morgan fingerprint density at radius 2 is 2.00 bits per heavy atom. The summed E-state index contributed by atoms with van der Waals surface area (Å²) in [5.74, 6) is -0.483. The fourth-order valence-corrected chi connectivity index (χ4v) is 2.90. The normalized spacial score (nSPS) is 11.1. The van der Waals surface area contributed by atoms with Gasteiger partial charge in [0.05, 0.1) is 23.7 Å². The number of hydrogen-bond donors (Lipinski definition) is 2. The Kier molecular flexibility index (Phi) is 7.66. The highest BCUT2D eigenvalue weighted by Gasteiger charge is 2.19.